The quantitative estimate of drug-likeness (QED) is 0.841. The molecule has 4 heteroatoms. The molecule has 0 saturated carbocycles. The molecule has 1 atom stereocenters. The molecule has 0 unspecified atom stereocenters. The third kappa shape index (κ3) is 5.61. The second-order valence-electron chi connectivity index (χ2n) is 7.27. The Labute approximate surface area is 140 Å². The molecule has 0 spiro atoms. The molecule has 1 amide bonds. The first-order valence-electron chi connectivity index (χ1n) is 8.93. The fraction of sp³-hybridized carbons (Fsp3) is 0.684. The summed E-state index contributed by atoms with van der Waals surface area (Å²) in [5.74, 6) is 0.927. The number of piperidine rings is 1. The first-order valence-corrected chi connectivity index (χ1v) is 8.93. The van der Waals surface area contributed by atoms with Crippen LogP contribution in [-0.2, 0) is 11.2 Å². The maximum Gasteiger partial charge on any atom is 0.220 e. The van der Waals surface area contributed by atoms with Crippen LogP contribution in [0.15, 0.2) is 24.4 Å². The van der Waals surface area contributed by atoms with E-state index in [4.69, 9.17) is 0 Å². The van der Waals surface area contributed by atoms with Gasteiger partial charge in [0.05, 0.1) is 0 Å². The zero-order chi connectivity index (χ0) is 16.7. The van der Waals surface area contributed by atoms with Gasteiger partial charge in [-0.3, -0.25) is 14.7 Å². The summed E-state index contributed by atoms with van der Waals surface area (Å²) in [6.07, 6.45) is 6.86. The van der Waals surface area contributed by atoms with Gasteiger partial charge in [0, 0.05) is 36.9 Å². The van der Waals surface area contributed by atoms with Crippen molar-refractivity contribution in [2.24, 2.45) is 5.92 Å². The number of likely N-dealkylation sites (tertiary alicyclic amines) is 1. The van der Waals surface area contributed by atoms with Crippen molar-refractivity contribution >= 4 is 5.91 Å². The first kappa shape index (κ1) is 17.9. The highest BCUT2D eigenvalue weighted by molar-refractivity contribution is 5.76. The van der Waals surface area contributed by atoms with Crippen LogP contribution in [0.4, 0.5) is 0 Å². The van der Waals surface area contributed by atoms with Gasteiger partial charge in [0.2, 0.25) is 5.91 Å². The van der Waals surface area contributed by atoms with Crippen LogP contribution in [0.3, 0.4) is 0 Å². The highest BCUT2D eigenvalue weighted by Crippen LogP contribution is 2.25. The lowest BCUT2D eigenvalue weighted by atomic mass is 9.91. The van der Waals surface area contributed by atoms with Crippen molar-refractivity contribution in [1.29, 1.82) is 0 Å². The van der Waals surface area contributed by atoms with Gasteiger partial charge in [-0.25, -0.2) is 0 Å². The number of nitrogens with one attached hydrogen (secondary N) is 1. The summed E-state index contributed by atoms with van der Waals surface area (Å²) in [5, 5.41) is 3.11. The Bertz CT molecular complexity index is 487. The van der Waals surface area contributed by atoms with E-state index in [-0.39, 0.29) is 11.4 Å². The average Bonchev–Trinajstić information content (AvgIpc) is 2.59. The normalized spacial score (nSPS) is 19.5. The van der Waals surface area contributed by atoms with Gasteiger partial charge in [-0.15, -0.1) is 0 Å². The molecule has 0 bridgehead atoms. The molecule has 4 nitrogen and oxygen atoms in total. The Kier molecular flexibility index (Phi) is 6.58. The predicted octanol–water partition coefficient (Wildman–Crippen LogP) is 3.03. The standard InChI is InChI=1S/C19H31N3O/c1-4-16-8-7-13-22(14-16)19(2,3)15-21-18(23)11-10-17-9-5-6-12-20-17/h5-6,9,12,16H,4,7-8,10-11,13-15H2,1-3H3,(H,21,23)/t16-/m0/s1. The van der Waals surface area contributed by atoms with E-state index in [1.165, 1.54) is 19.3 Å². The smallest absolute Gasteiger partial charge is 0.220 e. The van der Waals surface area contributed by atoms with E-state index in [1.54, 1.807) is 6.20 Å². The number of hydrogen-bond acceptors (Lipinski definition) is 3. The van der Waals surface area contributed by atoms with Crippen molar-refractivity contribution < 1.29 is 4.79 Å². The summed E-state index contributed by atoms with van der Waals surface area (Å²) < 4.78 is 0. The lowest BCUT2D eigenvalue weighted by Crippen LogP contribution is -2.54. The second-order valence-corrected chi connectivity index (χ2v) is 7.27. The van der Waals surface area contributed by atoms with Gasteiger partial charge in [0.25, 0.3) is 0 Å². The van der Waals surface area contributed by atoms with Gasteiger partial charge in [-0.2, -0.15) is 0 Å². The highest BCUT2D eigenvalue weighted by Gasteiger charge is 2.31. The fourth-order valence-corrected chi connectivity index (χ4v) is 3.25. The highest BCUT2D eigenvalue weighted by atomic mass is 16.1. The minimum Gasteiger partial charge on any atom is -0.354 e. The molecule has 0 aromatic carbocycles. The minimum atomic E-state index is 0.0223. The number of carbonyl (C=O) groups is 1. The van der Waals surface area contributed by atoms with Crippen LogP contribution < -0.4 is 5.32 Å². The molecule has 1 N–H and O–H groups in total. The molecule has 0 radical (unpaired) electrons. The number of rotatable bonds is 7. The Morgan fingerprint density at radius 1 is 1.43 bits per heavy atom. The summed E-state index contributed by atoms with van der Waals surface area (Å²) in [6, 6.07) is 5.83. The van der Waals surface area contributed by atoms with Crippen molar-refractivity contribution in [3.63, 3.8) is 0 Å². The van der Waals surface area contributed by atoms with Crippen LogP contribution >= 0.6 is 0 Å². The molecule has 0 aliphatic carbocycles. The molecule has 1 aromatic heterocycles. The topological polar surface area (TPSA) is 45.2 Å². The van der Waals surface area contributed by atoms with Crippen molar-refractivity contribution in [3.8, 4) is 0 Å². The molecular weight excluding hydrogens is 286 g/mol. The van der Waals surface area contributed by atoms with E-state index in [0.29, 0.717) is 19.4 Å². The molecule has 1 aliphatic rings. The zero-order valence-electron chi connectivity index (χ0n) is 14.8. The number of amides is 1. The molecule has 1 aliphatic heterocycles. The lowest BCUT2D eigenvalue weighted by Gasteiger charge is -2.43. The van der Waals surface area contributed by atoms with E-state index in [9.17, 15) is 4.79 Å². The van der Waals surface area contributed by atoms with Crippen molar-refractivity contribution in [1.82, 2.24) is 15.2 Å². The van der Waals surface area contributed by atoms with Gasteiger partial charge in [0.15, 0.2) is 0 Å². The molecule has 128 valence electrons. The number of aryl methyl sites for hydroxylation is 1. The van der Waals surface area contributed by atoms with Gasteiger partial charge in [-0.1, -0.05) is 19.4 Å². The largest absolute Gasteiger partial charge is 0.354 e. The SMILES string of the molecule is CC[C@H]1CCCN(C(C)(C)CNC(=O)CCc2ccccn2)C1. The molecule has 1 fully saturated rings. The van der Waals surface area contributed by atoms with Crippen molar-refractivity contribution in [3.05, 3.63) is 30.1 Å². The molecule has 1 aromatic rings. The number of hydrogen-bond donors (Lipinski definition) is 1. The summed E-state index contributed by atoms with van der Waals surface area (Å²) in [5.41, 5.74) is 0.998. The van der Waals surface area contributed by atoms with Crippen LogP contribution in [0.1, 0.15) is 52.1 Å². The van der Waals surface area contributed by atoms with Gasteiger partial charge in [-0.05, 0) is 57.7 Å². The number of aromatic nitrogens is 1. The number of carbonyl (C=O) groups excluding carboxylic acids is 1. The van der Waals surface area contributed by atoms with Crippen LogP contribution in [0.25, 0.3) is 0 Å². The number of pyridine rings is 1. The van der Waals surface area contributed by atoms with Crippen LogP contribution in [-0.4, -0.2) is 41.0 Å². The maximum atomic E-state index is 12.1. The van der Waals surface area contributed by atoms with E-state index in [0.717, 1.165) is 24.7 Å². The summed E-state index contributed by atoms with van der Waals surface area (Å²) >= 11 is 0. The first-order chi connectivity index (χ1) is 11.0. The fourth-order valence-electron chi connectivity index (χ4n) is 3.25. The van der Waals surface area contributed by atoms with Crippen molar-refractivity contribution in [2.75, 3.05) is 19.6 Å². The molecule has 1 saturated heterocycles. The van der Waals surface area contributed by atoms with E-state index < -0.39 is 0 Å². The zero-order valence-corrected chi connectivity index (χ0v) is 14.8. The molecule has 2 heterocycles. The Hall–Kier alpha value is -1.42. The van der Waals surface area contributed by atoms with E-state index in [2.05, 4.69) is 36.0 Å². The maximum absolute atomic E-state index is 12.1. The molecule has 23 heavy (non-hydrogen) atoms. The Morgan fingerprint density at radius 3 is 2.96 bits per heavy atom. The van der Waals surface area contributed by atoms with E-state index >= 15 is 0 Å². The van der Waals surface area contributed by atoms with Gasteiger partial charge in [0.1, 0.15) is 0 Å². The van der Waals surface area contributed by atoms with E-state index in [1.807, 2.05) is 18.2 Å². The predicted molar refractivity (Wildman–Crippen MR) is 94.2 cm³/mol. The van der Waals surface area contributed by atoms with Crippen molar-refractivity contribution in [2.45, 2.75) is 58.4 Å². The molecular formula is C19H31N3O. The number of nitrogens with zero attached hydrogens (tertiary/aromatic N) is 2. The Balaban J connectivity index is 1.75. The Morgan fingerprint density at radius 2 is 2.26 bits per heavy atom. The van der Waals surface area contributed by atoms with Gasteiger partial charge >= 0.3 is 0 Å². The lowest BCUT2D eigenvalue weighted by molar-refractivity contribution is -0.121. The van der Waals surface area contributed by atoms with Crippen LogP contribution in [0, 0.1) is 5.92 Å². The minimum absolute atomic E-state index is 0.0223. The van der Waals surface area contributed by atoms with Crippen LogP contribution in [0.5, 0.6) is 0 Å². The summed E-state index contributed by atoms with van der Waals surface area (Å²) in [7, 11) is 0. The third-order valence-corrected chi connectivity index (χ3v) is 5.00. The van der Waals surface area contributed by atoms with Crippen LogP contribution in [0.2, 0.25) is 0 Å². The monoisotopic (exact) mass is 317 g/mol. The van der Waals surface area contributed by atoms with Gasteiger partial charge < -0.3 is 5.32 Å². The average molecular weight is 317 g/mol. The molecule has 2 rings (SSSR count). The summed E-state index contributed by atoms with van der Waals surface area (Å²) in [6.45, 7) is 9.78. The third-order valence-electron chi connectivity index (χ3n) is 5.00. The summed E-state index contributed by atoms with van der Waals surface area (Å²) in [4.78, 5) is 18.9. The second kappa shape index (κ2) is 8.44.